The summed E-state index contributed by atoms with van der Waals surface area (Å²) < 4.78 is 355. The highest BCUT2D eigenvalue weighted by atomic mass is 19.4. The van der Waals surface area contributed by atoms with Gasteiger partial charge in [-0.1, -0.05) is 78.9 Å². The van der Waals surface area contributed by atoms with Crippen molar-refractivity contribution in [1.82, 2.24) is 4.98 Å². The molecule has 0 radical (unpaired) electrons. The first kappa shape index (κ1) is 56.4. The van der Waals surface area contributed by atoms with Crippen molar-refractivity contribution >= 4 is 28.0 Å². The molecule has 0 unspecified atom stereocenters. The van der Waals surface area contributed by atoms with E-state index in [1.54, 1.807) is 18.6 Å². The summed E-state index contributed by atoms with van der Waals surface area (Å²) in [6, 6.07) is 1.16. The van der Waals surface area contributed by atoms with E-state index in [2.05, 4.69) is 4.98 Å². The second-order valence-electron chi connectivity index (χ2n) is 15.5. The Morgan fingerprint density at radius 2 is 0.611 bits per heavy atom. The molecule has 72 heavy (non-hydrogen) atoms. The van der Waals surface area contributed by atoms with E-state index in [9.17, 15) is 110 Å². The molecule has 0 amide bonds. The van der Waals surface area contributed by atoms with Crippen LogP contribution in [0.15, 0.2) is 122 Å². The fraction of sp³-hybridized carbons (Fsp3) is 0.227. The zero-order chi connectivity index (χ0) is 54.4. The van der Waals surface area contributed by atoms with Gasteiger partial charge in [0, 0.05) is 5.56 Å². The van der Waals surface area contributed by atoms with E-state index in [0.717, 1.165) is 5.56 Å². The van der Waals surface area contributed by atoms with E-state index < -0.39 is 201 Å². The number of alkyl halides is 25. The van der Waals surface area contributed by atoms with Crippen molar-refractivity contribution in [2.45, 2.75) is 62.6 Å². The van der Waals surface area contributed by atoms with Crippen LogP contribution >= 0.6 is 0 Å². The Bertz CT molecular complexity index is 2430. The van der Waals surface area contributed by atoms with Crippen LogP contribution in [-0.2, 0) is 62.6 Å². The highest BCUT2D eigenvalue weighted by Gasteiger charge is 2.47. The summed E-state index contributed by atoms with van der Waals surface area (Å²) in [5.74, 6) is 0. The molecular weight excluding hydrogens is 1040 g/mol. The lowest BCUT2D eigenvalue weighted by molar-refractivity contribution is -0.697. The summed E-state index contributed by atoms with van der Waals surface area (Å²) in [5, 5.41) is 0. The molecule has 5 aromatic carbocycles. The average molecular weight is 1070 g/mol. The SMILES string of the molecule is FC(F)(F)c1cc([B-](c2cc(C(F)(F)F)cc(C(F)(F)F)c2)(c2cc(C(F)(F)F)cc(C(F)(F)F)c2)c2cc(C(F)(F)F)cc(C(F)(F)F)c2)cc(C(F)(F)F)c1.FCc1cncc[n+]1Cc1ccccc1. The molecule has 0 N–H and O–H groups in total. The Hall–Kier alpha value is -6.51. The minimum absolute atomic E-state index is 0.485. The number of nitrogens with zero attached hydrogens (tertiary/aromatic N) is 2. The van der Waals surface area contributed by atoms with Gasteiger partial charge in [0.15, 0.2) is 19.4 Å². The highest BCUT2D eigenvalue weighted by molar-refractivity contribution is 7.20. The Kier molecular flexibility index (Phi) is 15.3. The number of hydrogen-bond acceptors (Lipinski definition) is 1. The first-order chi connectivity index (χ1) is 32.7. The Balaban J connectivity index is 0.000000542. The zero-order valence-electron chi connectivity index (χ0n) is 34.9. The van der Waals surface area contributed by atoms with Crippen LogP contribution in [0.1, 0.15) is 55.8 Å². The topological polar surface area (TPSA) is 16.8 Å². The maximum absolute atomic E-state index is 14.2. The molecule has 0 atom stereocenters. The van der Waals surface area contributed by atoms with E-state index >= 15 is 0 Å². The van der Waals surface area contributed by atoms with Crippen LogP contribution in [0.4, 0.5) is 110 Å². The van der Waals surface area contributed by atoms with Crippen LogP contribution in [0.2, 0.25) is 0 Å². The number of aromatic nitrogens is 2. The molecule has 6 rings (SSSR count). The van der Waals surface area contributed by atoms with Crippen molar-refractivity contribution < 1.29 is 114 Å². The minimum atomic E-state index is -6.13. The third kappa shape index (κ3) is 12.9. The van der Waals surface area contributed by atoms with Crippen LogP contribution in [0.5, 0.6) is 0 Å². The van der Waals surface area contributed by atoms with Gasteiger partial charge in [0.2, 0.25) is 5.69 Å². The second-order valence-corrected chi connectivity index (χ2v) is 15.5. The lowest BCUT2D eigenvalue weighted by atomic mass is 9.12. The second kappa shape index (κ2) is 19.5. The van der Waals surface area contributed by atoms with E-state index in [-0.39, 0.29) is 0 Å². The van der Waals surface area contributed by atoms with Crippen LogP contribution < -0.4 is 26.4 Å². The molecule has 388 valence electrons. The lowest BCUT2D eigenvalue weighted by Crippen LogP contribution is -2.75. The van der Waals surface area contributed by atoms with Gasteiger partial charge in [-0.05, 0) is 24.3 Å². The van der Waals surface area contributed by atoms with Crippen LogP contribution in [0.3, 0.4) is 0 Å². The number of rotatable bonds is 7. The molecule has 6 aromatic rings. The maximum Gasteiger partial charge on any atom is 0.416 e. The van der Waals surface area contributed by atoms with Crippen molar-refractivity contribution in [2.75, 3.05) is 0 Å². The standard InChI is InChI=1S/C32H12BF24.C12H12FN2/c34-25(35,36)13-1-14(26(37,38)39)6-21(5-13)33(22-7-15(27(40,41)42)2-16(8-22)28(43,44)45,23-9-17(29(46,47)48)3-18(10-23)30(49,50)51)24-11-19(31(52,53)54)4-20(12-24)32(55,56)57;13-8-12-9-14-6-7-15(12)10-11-4-2-1-3-5-11/h1-12H;1-7,9H,8,10H2/q-1;+1. The van der Waals surface area contributed by atoms with Gasteiger partial charge in [-0.15, -0.1) is 0 Å². The molecule has 0 bridgehead atoms. The molecule has 0 aliphatic heterocycles. The van der Waals surface area contributed by atoms with Gasteiger partial charge < -0.3 is 0 Å². The summed E-state index contributed by atoms with van der Waals surface area (Å²) in [6.07, 6.45) is -49.8. The third-order valence-corrected chi connectivity index (χ3v) is 10.7. The summed E-state index contributed by atoms with van der Waals surface area (Å²) in [5.41, 5.74) is -28.5. The van der Waals surface area contributed by atoms with Crippen molar-refractivity contribution in [3.05, 3.63) is 177 Å². The van der Waals surface area contributed by atoms with Gasteiger partial charge >= 0.3 is 49.4 Å². The predicted molar refractivity (Wildman–Crippen MR) is 205 cm³/mol. The smallest absolute Gasteiger partial charge is 0.252 e. The first-order valence-electron chi connectivity index (χ1n) is 19.4. The molecule has 0 fully saturated rings. The van der Waals surface area contributed by atoms with Crippen LogP contribution in [-0.4, -0.2) is 11.1 Å². The number of benzene rings is 5. The van der Waals surface area contributed by atoms with Gasteiger partial charge in [-0.25, -0.2) is 4.39 Å². The van der Waals surface area contributed by atoms with E-state index in [4.69, 9.17) is 0 Å². The normalized spacial score (nSPS) is 13.5. The molecule has 0 saturated carbocycles. The lowest BCUT2D eigenvalue weighted by Gasteiger charge is -2.46. The van der Waals surface area contributed by atoms with Crippen molar-refractivity contribution in [3.8, 4) is 0 Å². The summed E-state index contributed by atoms with van der Waals surface area (Å²) in [6.45, 7) is 0.198. The molecule has 0 saturated heterocycles. The van der Waals surface area contributed by atoms with Gasteiger partial charge in [0.25, 0.3) is 0 Å². The molecule has 0 aliphatic carbocycles. The zero-order valence-corrected chi connectivity index (χ0v) is 34.9. The summed E-state index contributed by atoms with van der Waals surface area (Å²) in [4.78, 5) is 3.90. The van der Waals surface area contributed by atoms with Crippen molar-refractivity contribution in [3.63, 3.8) is 0 Å². The first-order valence-corrected chi connectivity index (χ1v) is 19.4. The van der Waals surface area contributed by atoms with Crippen LogP contribution in [0, 0.1) is 0 Å². The Morgan fingerprint density at radius 3 is 0.833 bits per heavy atom. The van der Waals surface area contributed by atoms with E-state index in [1.807, 2.05) is 34.9 Å². The Labute approximate surface area is 387 Å². The van der Waals surface area contributed by atoms with E-state index in [1.165, 1.54) is 0 Å². The molecule has 0 aliphatic rings. The summed E-state index contributed by atoms with van der Waals surface area (Å²) in [7, 11) is 0. The largest absolute Gasteiger partial charge is 0.416 e. The van der Waals surface area contributed by atoms with Gasteiger partial charge in [-0.3, -0.25) is 4.98 Å². The minimum Gasteiger partial charge on any atom is -0.252 e. The molecule has 2 nitrogen and oxygen atoms in total. The van der Waals surface area contributed by atoms with Crippen LogP contribution in [0.25, 0.3) is 0 Å². The van der Waals surface area contributed by atoms with Gasteiger partial charge in [-0.2, -0.15) is 132 Å². The number of hydrogen-bond donors (Lipinski definition) is 0. The molecule has 28 heteroatoms. The number of halogens is 25. The maximum atomic E-state index is 14.2. The predicted octanol–water partition coefficient (Wildman–Crippen LogP) is 13.1. The fourth-order valence-corrected chi connectivity index (χ4v) is 7.53. The third-order valence-electron chi connectivity index (χ3n) is 10.7. The van der Waals surface area contributed by atoms with Crippen molar-refractivity contribution in [1.29, 1.82) is 0 Å². The molecular formula is C44H24BF25N2. The fourth-order valence-electron chi connectivity index (χ4n) is 7.53. The quantitative estimate of drug-likeness (QED) is 0.0884. The molecule has 1 heterocycles. The Morgan fingerprint density at radius 1 is 0.361 bits per heavy atom. The average Bonchev–Trinajstić information content (AvgIpc) is 3.25. The van der Waals surface area contributed by atoms with Gasteiger partial charge in [0.1, 0.15) is 6.15 Å². The molecule has 0 spiro atoms. The van der Waals surface area contributed by atoms with Gasteiger partial charge in [0.05, 0.1) is 56.9 Å². The van der Waals surface area contributed by atoms with E-state index in [0.29, 0.717) is 12.2 Å². The monoisotopic (exact) mass is 1070 g/mol. The highest BCUT2D eigenvalue weighted by Crippen LogP contribution is 2.41. The van der Waals surface area contributed by atoms with Crippen molar-refractivity contribution in [2.24, 2.45) is 0 Å². The summed E-state index contributed by atoms with van der Waals surface area (Å²) >= 11 is 0. The molecule has 1 aromatic heterocycles.